The summed E-state index contributed by atoms with van der Waals surface area (Å²) >= 11 is 8.11. The van der Waals surface area contributed by atoms with Crippen LogP contribution in [-0.2, 0) is 30.3 Å². The summed E-state index contributed by atoms with van der Waals surface area (Å²) in [6.07, 6.45) is -1.47. The third-order valence-corrected chi connectivity index (χ3v) is 9.70. The van der Waals surface area contributed by atoms with Crippen LogP contribution >= 0.6 is 22.9 Å². The minimum Gasteiger partial charge on any atom is -0.479 e. The number of allylic oxidation sites excluding steroid dienone is 3. The number of rotatable bonds is 13. The highest BCUT2D eigenvalue weighted by Gasteiger charge is 2.48. The lowest BCUT2D eigenvalue weighted by atomic mass is 9.91. The molecule has 0 bridgehead atoms. The van der Waals surface area contributed by atoms with Gasteiger partial charge in [-0.15, -0.1) is 11.3 Å². The monoisotopic (exact) mass is 652 g/mol. The zero-order valence-electron chi connectivity index (χ0n) is 23.8. The van der Waals surface area contributed by atoms with Gasteiger partial charge in [-0.3, -0.25) is 9.59 Å². The summed E-state index contributed by atoms with van der Waals surface area (Å²) in [5.41, 5.74) is 0. The number of thiophene rings is 1. The molecule has 0 radical (unpaired) electrons. The number of carboxylic acid groups (broad SMARTS) is 1. The molecule has 1 aromatic heterocycles. The molecular weight excluding hydrogens is 616 g/mol. The van der Waals surface area contributed by atoms with Gasteiger partial charge in [0.2, 0.25) is 6.29 Å². The van der Waals surface area contributed by atoms with Crippen LogP contribution in [0.2, 0.25) is 5.02 Å². The first-order valence-corrected chi connectivity index (χ1v) is 15.7. The summed E-state index contributed by atoms with van der Waals surface area (Å²) in [6.45, 7) is 0. The van der Waals surface area contributed by atoms with Crippen LogP contribution in [0, 0.1) is 11.8 Å². The van der Waals surface area contributed by atoms with Crippen LogP contribution in [0.3, 0.4) is 0 Å². The fourth-order valence-corrected chi connectivity index (χ4v) is 6.98. The number of benzene rings is 1. The molecule has 2 heterocycles. The number of ether oxygens (including phenoxy) is 2. The van der Waals surface area contributed by atoms with E-state index in [1.807, 2.05) is 24.3 Å². The van der Waals surface area contributed by atoms with Crippen molar-refractivity contribution >= 4 is 50.7 Å². The molecule has 2 aromatic rings. The molecule has 2 aliphatic rings. The zero-order chi connectivity index (χ0) is 32.0. The number of hydrogen-bond donors (Lipinski definition) is 6. The second kappa shape index (κ2) is 15.5. The molecule has 2 fully saturated rings. The Morgan fingerprint density at radius 1 is 1.11 bits per heavy atom. The minimum atomic E-state index is -1.88. The summed E-state index contributed by atoms with van der Waals surface area (Å²) in [7, 11) is 0. The number of aliphatic hydroxyl groups is 5. The van der Waals surface area contributed by atoms with Crippen molar-refractivity contribution in [1.29, 1.82) is 0 Å². The Bertz CT molecular complexity index is 1370. The number of carbonyl (C=O) groups is 3. The molecule has 1 saturated heterocycles. The Hall–Kier alpha value is -2.68. The molecule has 4 rings (SSSR count). The number of unbranched alkanes of at least 4 members (excludes halogenated alkanes) is 1. The number of aliphatic hydroxyl groups excluding tert-OH is 5. The normalized spacial score (nSPS) is 30.0. The summed E-state index contributed by atoms with van der Waals surface area (Å²) in [4.78, 5) is 36.9. The number of ketones is 1. The highest BCUT2D eigenvalue weighted by molar-refractivity contribution is 7.19. The van der Waals surface area contributed by atoms with Crippen LogP contribution in [-0.4, -0.2) is 91.3 Å². The lowest BCUT2D eigenvalue weighted by Crippen LogP contribution is -2.60. The van der Waals surface area contributed by atoms with Crippen molar-refractivity contribution in [3.63, 3.8) is 0 Å². The lowest BCUT2D eigenvalue weighted by Gasteiger charge is -2.37. The number of aryl methyl sites for hydroxylation is 1. The predicted octanol–water partition coefficient (Wildman–Crippen LogP) is 2.52. The topological polar surface area (TPSA) is 191 Å². The molecule has 6 N–H and O–H groups in total. The Labute approximate surface area is 263 Å². The van der Waals surface area contributed by atoms with Gasteiger partial charge in [-0.05, 0) is 50.5 Å². The van der Waals surface area contributed by atoms with E-state index in [0.717, 1.165) is 15.0 Å². The van der Waals surface area contributed by atoms with Crippen LogP contribution in [0.1, 0.15) is 43.4 Å². The molecule has 0 amide bonds. The van der Waals surface area contributed by atoms with Gasteiger partial charge in [0.15, 0.2) is 11.9 Å². The Morgan fingerprint density at radius 3 is 2.59 bits per heavy atom. The van der Waals surface area contributed by atoms with Crippen molar-refractivity contribution in [1.82, 2.24) is 0 Å². The average Bonchev–Trinajstić information content (AvgIpc) is 3.46. The Balaban J connectivity index is 1.20. The van der Waals surface area contributed by atoms with Gasteiger partial charge in [0.1, 0.15) is 24.4 Å². The van der Waals surface area contributed by atoms with Crippen molar-refractivity contribution in [3.05, 3.63) is 58.5 Å². The molecule has 11 nitrogen and oxygen atoms in total. The Kier molecular flexibility index (Phi) is 12.1. The predicted molar refractivity (Wildman–Crippen MR) is 161 cm³/mol. The van der Waals surface area contributed by atoms with Gasteiger partial charge in [-0.2, -0.15) is 0 Å². The standard InChI is InChI=1S/C31H37ClO11S/c32-24-19-8-5-6-9-21(19)44-22(24)14-13-17(33)12-11-16-15-20(34)25(36)18(16)7-3-1-2-4-10-23(35)42-31-28(39)26(37)27(38)29(43-31)30(40)41/h1,3,5-6,8-9,11-12,16-18,20,26-29,31,33-34,37-39H,2,4,7,10,13-15H2,(H,40,41)/b3-1-,12-11+/t16-,17?,18+,20?,26-,27-,28+,29-,31?/m0/s1. The first-order chi connectivity index (χ1) is 21.0. The van der Waals surface area contributed by atoms with E-state index in [0.29, 0.717) is 37.1 Å². The maximum atomic E-state index is 12.6. The molecular formula is C31H37ClO11S. The van der Waals surface area contributed by atoms with Crippen LogP contribution in [0.4, 0.5) is 0 Å². The molecule has 1 saturated carbocycles. The smallest absolute Gasteiger partial charge is 0.335 e. The Morgan fingerprint density at radius 2 is 1.86 bits per heavy atom. The number of fused-ring (bicyclic) bond motifs is 1. The lowest BCUT2D eigenvalue weighted by molar-refractivity contribution is -0.286. The first-order valence-electron chi connectivity index (χ1n) is 14.5. The van der Waals surface area contributed by atoms with E-state index in [1.165, 1.54) is 0 Å². The van der Waals surface area contributed by atoms with Gasteiger partial charge in [0.05, 0.1) is 11.1 Å². The number of Topliss-reactive ketones (excluding diaryl/α,β-unsaturated/α-hetero) is 1. The maximum Gasteiger partial charge on any atom is 0.335 e. The van der Waals surface area contributed by atoms with E-state index in [1.54, 1.807) is 35.6 Å². The summed E-state index contributed by atoms with van der Waals surface area (Å²) in [5, 5.41) is 61.0. The second-order valence-electron chi connectivity index (χ2n) is 11.1. The van der Waals surface area contributed by atoms with Gasteiger partial charge in [-0.25, -0.2) is 4.79 Å². The van der Waals surface area contributed by atoms with Gasteiger partial charge in [-0.1, -0.05) is 54.1 Å². The molecule has 1 aromatic carbocycles. The van der Waals surface area contributed by atoms with E-state index in [4.69, 9.17) is 26.2 Å². The molecule has 1 aliphatic carbocycles. The van der Waals surface area contributed by atoms with E-state index < -0.39 is 60.8 Å². The van der Waals surface area contributed by atoms with Crippen molar-refractivity contribution in [3.8, 4) is 0 Å². The van der Waals surface area contributed by atoms with E-state index in [9.17, 15) is 39.9 Å². The van der Waals surface area contributed by atoms with Crippen molar-refractivity contribution in [2.24, 2.45) is 11.8 Å². The maximum absolute atomic E-state index is 12.6. The number of carbonyl (C=O) groups excluding carboxylic acids is 2. The zero-order valence-corrected chi connectivity index (χ0v) is 25.3. The van der Waals surface area contributed by atoms with E-state index in [2.05, 4.69) is 0 Å². The molecule has 9 atom stereocenters. The van der Waals surface area contributed by atoms with Crippen LogP contribution in [0.15, 0.2) is 48.6 Å². The highest BCUT2D eigenvalue weighted by atomic mass is 35.5. The van der Waals surface area contributed by atoms with Crippen LogP contribution < -0.4 is 0 Å². The largest absolute Gasteiger partial charge is 0.479 e. The van der Waals surface area contributed by atoms with E-state index >= 15 is 0 Å². The molecule has 240 valence electrons. The third kappa shape index (κ3) is 8.32. The van der Waals surface area contributed by atoms with Crippen LogP contribution in [0.5, 0.6) is 0 Å². The molecule has 1 aliphatic heterocycles. The van der Waals surface area contributed by atoms with Gasteiger partial charge < -0.3 is 40.1 Å². The highest BCUT2D eigenvalue weighted by Crippen LogP contribution is 2.36. The summed E-state index contributed by atoms with van der Waals surface area (Å²) in [6, 6.07) is 7.87. The van der Waals surface area contributed by atoms with E-state index in [-0.39, 0.29) is 24.5 Å². The van der Waals surface area contributed by atoms with Crippen molar-refractivity contribution in [2.45, 2.75) is 87.9 Å². The quantitative estimate of drug-likeness (QED) is 0.106. The summed E-state index contributed by atoms with van der Waals surface area (Å²) < 4.78 is 11.0. The van der Waals surface area contributed by atoms with Crippen molar-refractivity contribution < 1.29 is 54.5 Å². The van der Waals surface area contributed by atoms with Gasteiger partial charge >= 0.3 is 11.9 Å². The number of halogens is 1. The average molecular weight is 653 g/mol. The molecule has 0 spiro atoms. The second-order valence-corrected chi connectivity index (χ2v) is 12.6. The first kappa shape index (κ1) is 34.2. The van der Waals surface area contributed by atoms with Crippen molar-refractivity contribution in [2.75, 3.05) is 0 Å². The number of aliphatic carboxylic acids is 1. The number of carboxylic acids is 1. The fraction of sp³-hybridized carbons (Fsp3) is 0.516. The minimum absolute atomic E-state index is 0.0929. The fourth-order valence-electron chi connectivity index (χ4n) is 5.43. The van der Waals surface area contributed by atoms with Crippen LogP contribution in [0.25, 0.3) is 10.1 Å². The summed E-state index contributed by atoms with van der Waals surface area (Å²) in [5.74, 6) is -3.30. The molecule has 44 heavy (non-hydrogen) atoms. The SMILES string of the molecule is O=C(CCC/C=C\C[C@H]1C(=O)C(O)C[C@@H]1/C=C/C(O)CCc1sc2ccccc2c1Cl)OC1O[C@H](C(=O)O)[C@@H](O)[C@H](O)[C@H]1O. The number of esters is 1. The van der Waals surface area contributed by atoms with Gasteiger partial charge in [0, 0.05) is 27.3 Å². The molecule has 3 unspecified atom stereocenters. The third-order valence-electron chi connectivity index (χ3n) is 7.92. The number of hydrogen-bond acceptors (Lipinski definition) is 11. The van der Waals surface area contributed by atoms with Gasteiger partial charge in [0.25, 0.3) is 0 Å². The molecule has 13 heteroatoms.